The number of phenols is 4. The first-order chi connectivity index (χ1) is 21.3. The molecule has 0 heterocycles. The zero-order valence-electron chi connectivity index (χ0n) is 25.5. The molecule has 0 spiro atoms. The van der Waals surface area contributed by atoms with Crippen LogP contribution in [0.1, 0.15) is 68.2 Å². The number of rotatable bonds is 7. The Hall–Kier alpha value is -4.96. The van der Waals surface area contributed by atoms with Crippen LogP contribution in [0.15, 0.2) is 121 Å². The molecule has 4 nitrogen and oxygen atoms in total. The van der Waals surface area contributed by atoms with Gasteiger partial charge in [0.15, 0.2) is 0 Å². The van der Waals surface area contributed by atoms with E-state index in [-0.39, 0.29) is 22.8 Å². The Bertz CT molecular complexity index is 1730. The van der Waals surface area contributed by atoms with Crippen LogP contribution in [-0.2, 0) is 5.41 Å². The molecule has 0 aliphatic heterocycles. The molecule has 4 N–H and O–H groups in total. The molecule has 6 rings (SSSR count). The Labute approximate surface area is 259 Å². The largest absolute Gasteiger partial charge is 0.508 e. The van der Waals surface area contributed by atoms with E-state index in [9.17, 15) is 20.4 Å². The van der Waals surface area contributed by atoms with Crippen LogP contribution in [0.5, 0.6) is 23.0 Å². The SMILES string of the molecule is CCC(c1ccc(O)c2ccccc12)c1ccc(O)c2ccccc12.CCCC(C)(c1ccc(O)cc1)c1ccc(O)cc1. The van der Waals surface area contributed by atoms with E-state index in [1.54, 1.807) is 36.4 Å². The second-order valence-corrected chi connectivity index (χ2v) is 11.6. The maximum absolute atomic E-state index is 10.2. The maximum atomic E-state index is 10.2. The van der Waals surface area contributed by atoms with Gasteiger partial charge in [-0.05, 0) is 82.3 Å². The van der Waals surface area contributed by atoms with E-state index >= 15 is 0 Å². The van der Waals surface area contributed by atoms with E-state index in [0.29, 0.717) is 11.5 Å². The number of hydrogen-bond donors (Lipinski definition) is 4. The fourth-order valence-electron chi connectivity index (χ4n) is 6.44. The Kier molecular flexibility index (Phi) is 9.10. The smallest absolute Gasteiger partial charge is 0.123 e. The molecule has 0 saturated heterocycles. The third-order valence-electron chi connectivity index (χ3n) is 8.79. The van der Waals surface area contributed by atoms with Gasteiger partial charge in [0.05, 0.1) is 0 Å². The molecule has 0 unspecified atom stereocenters. The molecule has 0 saturated carbocycles. The number of phenolic OH excluding ortho intramolecular Hbond substituents is 4. The average Bonchev–Trinajstić information content (AvgIpc) is 3.04. The van der Waals surface area contributed by atoms with Gasteiger partial charge in [-0.15, -0.1) is 0 Å². The summed E-state index contributed by atoms with van der Waals surface area (Å²) in [5.41, 5.74) is 4.66. The lowest BCUT2D eigenvalue weighted by molar-refractivity contribution is 0.470. The molecular formula is C40H40O4. The molecule has 224 valence electrons. The van der Waals surface area contributed by atoms with Crippen molar-refractivity contribution in [3.63, 3.8) is 0 Å². The minimum Gasteiger partial charge on any atom is -0.508 e. The summed E-state index contributed by atoms with van der Waals surface area (Å²) >= 11 is 0. The number of aromatic hydroxyl groups is 4. The van der Waals surface area contributed by atoms with Gasteiger partial charge in [-0.2, -0.15) is 0 Å². The van der Waals surface area contributed by atoms with Crippen LogP contribution >= 0.6 is 0 Å². The highest BCUT2D eigenvalue weighted by Crippen LogP contribution is 2.41. The predicted octanol–water partition coefficient (Wildman–Crippen LogP) is 10.1. The first-order valence-electron chi connectivity index (χ1n) is 15.3. The molecule has 0 bridgehead atoms. The van der Waals surface area contributed by atoms with Crippen molar-refractivity contribution in [2.24, 2.45) is 0 Å². The molecule has 4 heteroatoms. The van der Waals surface area contributed by atoms with E-state index in [0.717, 1.165) is 40.8 Å². The fraction of sp³-hybridized carbons (Fsp3) is 0.200. The first kappa shape index (κ1) is 30.5. The lowest BCUT2D eigenvalue weighted by Crippen LogP contribution is -2.23. The second kappa shape index (κ2) is 13.1. The van der Waals surface area contributed by atoms with Crippen LogP contribution < -0.4 is 0 Å². The average molecular weight is 585 g/mol. The van der Waals surface area contributed by atoms with Crippen LogP contribution in [0.4, 0.5) is 0 Å². The maximum Gasteiger partial charge on any atom is 0.123 e. The van der Waals surface area contributed by atoms with E-state index < -0.39 is 0 Å². The van der Waals surface area contributed by atoms with E-state index in [2.05, 4.69) is 32.9 Å². The van der Waals surface area contributed by atoms with Crippen molar-refractivity contribution < 1.29 is 20.4 Å². The summed E-state index contributed by atoms with van der Waals surface area (Å²) in [7, 11) is 0. The third kappa shape index (κ3) is 6.07. The minimum atomic E-state index is -0.101. The molecule has 0 fully saturated rings. The Balaban J connectivity index is 0.000000182. The molecule has 0 aromatic heterocycles. The normalized spacial score (nSPS) is 11.5. The third-order valence-corrected chi connectivity index (χ3v) is 8.79. The fourth-order valence-corrected chi connectivity index (χ4v) is 6.44. The molecule has 0 amide bonds. The summed E-state index contributed by atoms with van der Waals surface area (Å²) < 4.78 is 0. The van der Waals surface area contributed by atoms with Gasteiger partial charge in [0.25, 0.3) is 0 Å². The molecule has 6 aromatic rings. The molecule has 6 aromatic carbocycles. The van der Waals surface area contributed by atoms with Crippen molar-refractivity contribution in [2.45, 2.75) is 51.4 Å². The lowest BCUT2D eigenvalue weighted by Gasteiger charge is -2.31. The number of hydrogen-bond acceptors (Lipinski definition) is 4. The molecule has 0 atom stereocenters. The van der Waals surface area contributed by atoms with Gasteiger partial charge in [0.2, 0.25) is 0 Å². The standard InChI is InChI=1S/C23H20O2.C17H20O2/c1-2-15(18-11-13-22(24)20-9-5-3-7-16(18)20)19-12-14-23(25)21-10-6-4-8-17(19)21;1-3-12-17(2,13-4-8-15(18)9-5-13)14-6-10-16(19)11-7-14/h3-15,24-25H,2H2,1H3;4-11,18-19H,3,12H2,1-2H3. The van der Waals surface area contributed by atoms with Gasteiger partial charge >= 0.3 is 0 Å². The van der Waals surface area contributed by atoms with Crippen LogP contribution in [0.25, 0.3) is 21.5 Å². The van der Waals surface area contributed by atoms with E-state index in [4.69, 9.17) is 0 Å². The number of benzene rings is 6. The highest BCUT2D eigenvalue weighted by molar-refractivity contribution is 5.94. The van der Waals surface area contributed by atoms with Gasteiger partial charge in [0.1, 0.15) is 23.0 Å². The lowest BCUT2D eigenvalue weighted by atomic mass is 9.73. The summed E-state index contributed by atoms with van der Waals surface area (Å²) in [5, 5.41) is 43.1. The Morgan fingerprint density at radius 3 is 1.25 bits per heavy atom. The molecule has 0 radical (unpaired) electrons. The van der Waals surface area contributed by atoms with Crippen molar-refractivity contribution >= 4 is 21.5 Å². The molecule has 44 heavy (non-hydrogen) atoms. The summed E-state index contributed by atoms with van der Waals surface area (Å²) in [6.07, 6.45) is 3.02. The molecular weight excluding hydrogens is 544 g/mol. The van der Waals surface area contributed by atoms with Crippen molar-refractivity contribution in [3.05, 3.63) is 144 Å². The predicted molar refractivity (Wildman–Crippen MR) is 181 cm³/mol. The zero-order chi connectivity index (χ0) is 31.3. The quantitative estimate of drug-likeness (QED) is 0.150. The van der Waals surface area contributed by atoms with Gasteiger partial charge < -0.3 is 20.4 Å². The summed E-state index contributed by atoms with van der Waals surface area (Å²) in [6, 6.07) is 38.3. The van der Waals surface area contributed by atoms with E-state index in [1.165, 1.54) is 22.3 Å². The Morgan fingerprint density at radius 1 is 0.500 bits per heavy atom. The molecule has 0 aliphatic carbocycles. The van der Waals surface area contributed by atoms with E-state index in [1.807, 2.05) is 72.8 Å². The Morgan fingerprint density at radius 2 is 0.886 bits per heavy atom. The van der Waals surface area contributed by atoms with Crippen molar-refractivity contribution in [1.29, 1.82) is 0 Å². The highest BCUT2D eigenvalue weighted by atomic mass is 16.3. The van der Waals surface area contributed by atoms with Crippen LogP contribution in [0.3, 0.4) is 0 Å². The van der Waals surface area contributed by atoms with Gasteiger partial charge in [-0.1, -0.05) is 112 Å². The van der Waals surface area contributed by atoms with Gasteiger partial charge in [0, 0.05) is 22.1 Å². The highest BCUT2D eigenvalue weighted by Gasteiger charge is 2.28. The minimum absolute atomic E-state index is 0.101. The topological polar surface area (TPSA) is 80.9 Å². The summed E-state index contributed by atoms with van der Waals surface area (Å²) in [5.74, 6) is 1.38. The van der Waals surface area contributed by atoms with Crippen LogP contribution in [0, 0.1) is 0 Å². The van der Waals surface area contributed by atoms with Crippen molar-refractivity contribution in [1.82, 2.24) is 0 Å². The summed E-state index contributed by atoms with van der Waals surface area (Å²) in [6.45, 7) is 6.54. The number of fused-ring (bicyclic) bond motifs is 2. The monoisotopic (exact) mass is 584 g/mol. The van der Waals surface area contributed by atoms with Gasteiger partial charge in [-0.3, -0.25) is 0 Å². The second-order valence-electron chi connectivity index (χ2n) is 11.6. The first-order valence-corrected chi connectivity index (χ1v) is 15.3. The molecule has 0 aliphatic rings. The van der Waals surface area contributed by atoms with Crippen LogP contribution in [0.2, 0.25) is 0 Å². The van der Waals surface area contributed by atoms with Gasteiger partial charge in [-0.25, -0.2) is 0 Å². The zero-order valence-corrected chi connectivity index (χ0v) is 25.5. The van der Waals surface area contributed by atoms with Crippen molar-refractivity contribution in [3.8, 4) is 23.0 Å². The van der Waals surface area contributed by atoms with Crippen molar-refractivity contribution in [2.75, 3.05) is 0 Å². The summed E-state index contributed by atoms with van der Waals surface area (Å²) in [4.78, 5) is 0. The van der Waals surface area contributed by atoms with Crippen LogP contribution in [-0.4, -0.2) is 20.4 Å².